The Morgan fingerprint density at radius 3 is 2.14 bits per heavy atom. The third-order valence-corrected chi connectivity index (χ3v) is 6.43. The number of nitrogens with one attached hydrogen (secondary N) is 1. The van der Waals surface area contributed by atoms with Gasteiger partial charge in [-0.2, -0.15) is 0 Å². The molecule has 152 valence electrons. The Bertz CT molecular complexity index is 883. The van der Waals surface area contributed by atoms with Crippen LogP contribution in [0.25, 0.3) is 0 Å². The number of primary amides is 1. The minimum atomic E-state index is -0.566. The number of piperidine rings is 1. The van der Waals surface area contributed by atoms with E-state index < -0.39 is 5.41 Å². The number of carbonyl (C=O) groups is 2. The molecule has 0 atom stereocenters. The number of benzene rings is 2. The summed E-state index contributed by atoms with van der Waals surface area (Å²) in [6.45, 7) is 1.60. The van der Waals surface area contributed by atoms with Gasteiger partial charge in [0.2, 0.25) is 11.8 Å². The molecule has 2 amide bonds. The van der Waals surface area contributed by atoms with Crippen LogP contribution in [-0.4, -0.2) is 24.9 Å². The molecule has 0 aromatic heterocycles. The number of nitrogens with zero attached hydrogens (tertiary/aromatic N) is 1. The zero-order chi connectivity index (χ0) is 20.4. The van der Waals surface area contributed by atoms with Gasteiger partial charge >= 0.3 is 0 Å². The molecule has 5 nitrogen and oxygen atoms in total. The van der Waals surface area contributed by atoms with Crippen molar-refractivity contribution in [3.8, 4) is 0 Å². The monoisotopic (exact) mass is 395 g/mol. The lowest BCUT2D eigenvalue weighted by atomic mass is 9.64. The largest absolute Gasteiger partial charge is 0.371 e. The van der Waals surface area contributed by atoms with Crippen molar-refractivity contribution >= 4 is 23.2 Å². The molecule has 6 heteroatoms. The van der Waals surface area contributed by atoms with E-state index in [0.29, 0.717) is 0 Å². The predicted molar refractivity (Wildman–Crippen MR) is 111 cm³/mol. The first-order valence-corrected chi connectivity index (χ1v) is 10.2. The Kier molecular flexibility index (Phi) is 5.26. The van der Waals surface area contributed by atoms with Gasteiger partial charge in [-0.15, -0.1) is 0 Å². The Morgan fingerprint density at radius 2 is 1.62 bits per heavy atom. The van der Waals surface area contributed by atoms with Crippen LogP contribution in [0.3, 0.4) is 0 Å². The highest BCUT2D eigenvalue weighted by atomic mass is 19.1. The van der Waals surface area contributed by atoms with Crippen molar-refractivity contribution in [2.24, 2.45) is 11.7 Å². The number of nitrogens with two attached hydrogens (primary N) is 1. The second kappa shape index (κ2) is 7.85. The molecule has 0 radical (unpaired) electrons. The Labute approximate surface area is 170 Å². The first-order valence-electron chi connectivity index (χ1n) is 10.2. The zero-order valence-electron chi connectivity index (χ0n) is 16.4. The van der Waals surface area contributed by atoms with Gasteiger partial charge in [0.25, 0.3) is 0 Å². The van der Waals surface area contributed by atoms with Crippen LogP contribution in [0, 0.1) is 11.7 Å². The minimum absolute atomic E-state index is 0.0325. The van der Waals surface area contributed by atoms with E-state index in [4.69, 9.17) is 5.73 Å². The van der Waals surface area contributed by atoms with E-state index in [2.05, 4.69) is 10.2 Å². The molecule has 3 N–H and O–H groups in total. The molecule has 1 heterocycles. The fourth-order valence-electron chi connectivity index (χ4n) is 4.37. The Morgan fingerprint density at radius 1 is 1.00 bits per heavy atom. The fourth-order valence-corrected chi connectivity index (χ4v) is 4.37. The molecule has 1 saturated carbocycles. The second-order valence-corrected chi connectivity index (χ2v) is 8.11. The summed E-state index contributed by atoms with van der Waals surface area (Å²) in [5.74, 6) is -0.576. The van der Waals surface area contributed by atoms with Crippen LogP contribution in [0.15, 0.2) is 48.5 Å². The zero-order valence-corrected chi connectivity index (χ0v) is 16.4. The topological polar surface area (TPSA) is 75.4 Å². The van der Waals surface area contributed by atoms with Gasteiger partial charge in [-0.05, 0) is 67.6 Å². The number of anilines is 2. The highest BCUT2D eigenvalue weighted by Gasteiger charge is 2.45. The highest BCUT2D eigenvalue weighted by Crippen LogP contribution is 2.44. The van der Waals surface area contributed by atoms with E-state index in [1.165, 1.54) is 12.1 Å². The third kappa shape index (κ3) is 3.84. The van der Waals surface area contributed by atoms with Crippen molar-refractivity contribution < 1.29 is 14.0 Å². The van der Waals surface area contributed by atoms with Crippen molar-refractivity contribution in [3.05, 3.63) is 59.9 Å². The van der Waals surface area contributed by atoms with Crippen LogP contribution < -0.4 is 16.0 Å². The van der Waals surface area contributed by atoms with Crippen LogP contribution >= 0.6 is 0 Å². The average molecular weight is 395 g/mol. The van der Waals surface area contributed by atoms with Crippen LogP contribution in [0.1, 0.15) is 37.7 Å². The predicted octanol–water partition coefficient (Wildman–Crippen LogP) is 3.59. The van der Waals surface area contributed by atoms with Crippen molar-refractivity contribution in [2.75, 3.05) is 23.3 Å². The molecular formula is C23H26FN3O2. The van der Waals surface area contributed by atoms with E-state index in [0.717, 1.165) is 62.1 Å². The molecular weight excluding hydrogens is 369 g/mol. The Balaban J connectivity index is 1.41. The van der Waals surface area contributed by atoms with Gasteiger partial charge in [0, 0.05) is 30.4 Å². The molecule has 2 aliphatic rings. The van der Waals surface area contributed by atoms with Gasteiger partial charge in [-0.3, -0.25) is 9.59 Å². The second-order valence-electron chi connectivity index (χ2n) is 8.11. The van der Waals surface area contributed by atoms with Gasteiger partial charge < -0.3 is 16.0 Å². The van der Waals surface area contributed by atoms with Crippen molar-refractivity contribution in [3.63, 3.8) is 0 Å². The molecule has 29 heavy (non-hydrogen) atoms. The first kappa shape index (κ1) is 19.4. The van der Waals surface area contributed by atoms with Gasteiger partial charge in [0.15, 0.2) is 0 Å². The Hall–Kier alpha value is -2.89. The van der Waals surface area contributed by atoms with E-state index in [1.807, 2.05) is 24.3 Å². The molecule has 4 rings (SSSR count). The van der Waals surface area contributed by atoms with Crippen LogP contribution in [0.2, 0.25) is 0 Å². The minimum Gasteiger partial charge on any atom is -0.371 e. The average Bonchev–Trinajstić information content (AvgIpc) is 2.69. The number of halogens is 1. The smallest absolute Gasteiger partial charge is 0.235 e. The number of rotatable bonds is 5. The lowest BCUT2D eigenvalue weighted by molar-refractivity contribution is -0.124. The van der Waals surface area contributed by atoms with Gasteiger partial charge in [-0.1, -0.05) is 18.6 Å². The fraction of sp³-hybridized carbons (Fsp3) is 0.391. The molecule has 0 bridgehead atoms. The number of carbonyl (C=O) groups excluding carboxylic acids is 2. The lowest BCUT2D eigenvalue weighted by Gasteiger charge is -2.40. The van der Waals surface area contributed by atoms with E-state index in [1.54, 1.807) is 12.1 Å². The normalized spacial score (nSPS) is 18.7. The first-order chi connectivity index (χ1) is 14.0. The van der Waals surface area contributed by atoms with E-state index >= 15 is 0 Å². The van der Waals surface area contributed by atoms with Gasteiger partial charge in [0.1, 0.15) is 5.82 Å². The maximum atomic E-state index is 13.3. The van der Waals surface area contributed by atoms with Crippen molar-refractivity contribution in [1.82, 2.24) is 0 Å². The highest BCUT2D eigenvalue weighted by molar-refractivity contribution is 6.00. The van der Waals surface area contributed by atoms with Crippen LogP contribution in [-0.2, 0) is 15.0 Å². The number of hydrogen-bond acceptors (Lipinski definition) is 3. The molecule has 1 saturated heterocycles. The van der Waals surface area contributed by atoms with Crippen LogP contribution in [0.4, 0.5) is 15.8 Å². The van der Waals surface area contributed by atoms with E-state index in [-0.39, 0.29) is 23.5 Å². The van der Waals surface area contributed by atoms with Gasteiger partial charge in [0.05, 0.1) is 5.41 Å². The number of hydrogen-bond donors (Lipinski definition) is 2. The third-order valence-electron chi connectivity index (χ3n) is 6.43. The summed E-state index contributed by atoms with van der Waals surface area (Å²) in [6, 6.07) is 14.1. The summed E-state index contributed by atoms with van der Waals surface area (Å²) in [5.41, 5.74) is 7.53. The molecule has 0 unspecified atom stereocenters. The summed E-state index contributed by atoms with van der Waals surface area (Å²) in [7, 11) is 0. The quantitative estimate of drug-likeness (QED) is 0.812. The maximum Gasteiger partial charge on any atom is 0.235 e. The summed E-state index contributed by atoms with van der Waals surface area (Å²) < 4.78 is 13.3. The molecule has 1 aliphatic heterocycles. The number of amides is 2. The standard InChI is InChI=1S/C23H26FN3O2/c24-18-4-2-17(3-5-18)23(12-1-13-23)22(29)26-19-6-8-20(9-7-19)27-14-10-16(11-15-27)21(25)28/h2-9,16H,1,10-15H2,(H2,25,28)(H,26,29). The van der Waals surface area contributed by atoms with Crippen LogP contribution in [0.5, 0.6) is 0 Å². The molecule has 0 spiro atoms. The molecule has 1 aliphatic carbocycles. The van der Waals surface area contributed by atoms with Gasteiger partial charge in [-0.25, -0.2) is 4.39 Å². The molecule has 2 fully saturated rings. The SMILES string of the molecule is NC(=O)C1CCN(c2ccc(NC(=O)C3(c4ccc(F)cc4)CCC3)cc2)CC1. The maximum absolute atomic E-state index is 13.3. The summed E-state index contributed by atoms with van der Waals surface area (Å²) in [4.78, 5) is 26.6. The summed E-state index contributed by atoms with van der Waals surface area (Å²) >= 11 is 0. The summed E-state index contributed by atoms with van der Waals surface area (Å²) in [5, 5.41) is 3.04. The molecule has 2 aromatic rings. The van der Waals surface area contributed by atoms with Crippen molar-refractivity contribution in [2.45, 2.75) is 37.5 Å². The lowest BCUT2D eigenvalue weighted by Crippen LogP contribution is -2.46. The van der Waals surface area contributed by atoms with E-state index in [9.17, 15) is 14.0 Å². The summed E-state index contributed by atoms with van der Waals surface area (Å²) in [6.07, 6.45) is 4.09. The molecule has 2 aromatic carbocycles. The van der Waals surface area contributed by atoms with Crippen molar-refractivity contribution in [1.29, 1.82) is 0 Å².